The third-order valence-electron chi connectivity index (χ3n) is 8.12. The molecule has 1 unspecified atom stereocenters. The molecule has 0 radical (unpaired) electrons. The van der Waals surface area contributed by atoms with E-state index in [4.69, 9.17) is 25.9 Å². The normalized spacial score (nSPS) is 12.0. The molecule has 2 N–H and O–H groups in total. The first-order valence-corrected chi connectivity index (χ1v) is 18.0. The zero-order chi connectivity index (χ0) is 36.7. The molecule has 0 aliphatic rings. The van der Waals surface area contributed by atoms with Crippen molar-refractivity contribution in [3.63, 3.8) is 0 Å². The van der Waals surface area contributed by atoms with Crippen molar-refractivity contribution in [2.45, 2.75) is 111 Å². The van der Waals surface area contributed by atoms with Gasteiger partial charge in [0.1, 0.15) is 0 Å². The van der Waals surface area contributed by atoms with E-state index >= 15 is 0 Å². The lowest BCUT2D eigenvalue weighted by Gasteiger charge is -2.24. The molecule has 0 spiro atoms. The number of amides is 1. The number of aromatic hydroxyl groups is 1. The Morgan fingerprint density at radius 1 is 0.900 bits per heavy atom. The van der Waals surface area contributed by atoms with Gasteiger partial charge in [0.25, 0.3) is 23.8 Å². The zero-order valence-electron chi connectivity index (χ0n) is 30.0. The van der Waals surface area contributed by atoms with Gasteiger partial charge in [-0.1, -0.05) is 132 Å². The molecule has 1 atom stereocenters. The minimum atomic E-state index is -1.90. The summed E-state index contributed by atoms with van der Waals surface area (Å²) < 4.78 is 12.6. The standard InChI is InChI=1S/C38H52ClN3O8/c1-6-8-9-10-11-12-13-14-15-19-24-49-36(46)28-22-23-29(39)30(25-28)40-33(44)31(32(43)38(3,4)5)50-42-34(45)35(48-7-2)41(37(42)47)26-27-20-17-16-18-21-27/h16-18,20-23,25,31,45H,6-15,19,24,26H2,1-5H3,(H,40,44). The average Bonchev–Trinajstić information content (AvgIpc) is 3.29. The lowest BCUT2D eigenvalue weighted by molar-refractivity contribution is -0.147. The van der Waals surface area contributed by atoms with E-state index in [0.29, 0.717) is 4.73 Å². The van der Waals surface area contributed by atoms with E-state index in [-0.39, 0.29) is 41.9 Å². The van der Waals surface area contributed by atoms with Crippen LogP contribution in [0.4, 0.5) is 5.69 Å². The SMILES string of the molecule is CCCCCCCCCCCCOC(=O)c1ccc(Cl)c(NC(=O)C(On2c(O)c(OCC)n(Cc3ccccc3)c2=O)C(=O)C(C)(C)C)c1. The zero-order valence-corrected chi connectivity index (χ0v) is 30.7. The van der Waals surface area contributed by atoms with Gasteiger partial charge in [0.05, 0.1) is 36.0 Å². The van der Waals surface area contributed by atoms with Crippen LogP contribution in [0.3, 0.4) is 0 Å². The number of benzene rings is 2. The number of rotatable bonds is 21. The van der Waals surface area contributed by atoms with Crippen molar-refractivity contribution in [3.8, 4) is 11.8 Å². The number of halogens is 1. The number of ether oxygens (including phenoxy) is 2. The second-order valence-electron chi connectivity index (χ2n) is 13.3. The topological polar surface area (TPSA) is 138 Å². The predicted octanol–water partition coefficient (Wildman–Crippen LogP) is 7.58. The second-order valence-corrected chi connectivity index (χ2v) is 13.7. The van der Waals surface area contributed by atoms with E-state index < -0.39 is 40.7 Å². The Morgan fingerprint density at radius 3 is 2.12 bits per heavy atom. The maximum Gasteiger partial charge on any atom is 0.367 e. The van der Waals surface area contributed by atoms with Crippen LogP contribution in [-0.2, 0) is 20.9 Å². The number of aromatic nitrogens is 2. The lowest BCUT2D eigenvalue weighted by atomic mass is 9.87. The van der Waals surface area contributed by atoms with E-state index in [1.807, 2.05) is 6.07 Å². The molecule has 12 heteroatoms. The number of anilines is 1. The van der Waals surface area contributed by atoms with Crippen LogP contribution in [0.2, 0.25) is 5.02 Å². The van der Waals surface area contributed by atoms with Gasteiger partial charge in [-0.15, -0.1) is 0 Å². The number of carbonyl (C=O) groups excluding carboxylic acids is 3. The summed E-state index contributed by atoms with van der Waals surface area (Å²) in [6.45, 7) is 9.07. The highest BCUT2D eigenvalue weighted by Crippen LogP contribution is 2.28. The Morgan fingerprint density at radius 2 is 1.52 bits per heavy atom. The first-order chi connectivity index (χ1) is 23.9. The van der Waals surface area contributed by atoms with Gasteiger partial charge in [-0.3, -0.25) is 14.2 Å². The minimum absolute atomic E-state index is 0.0285. The molecule has 50 heavy (non-hydrogen) atoms. The van der Waals surface area contributed by atoms with Gasteiger partial charge in [-0.25, -0.2) is 9.59 Å². The van der Waals surface area contributed by atoms with Crippen molar-refractivity contribution in [2.24, 2.45) is 5.41 Å². The summed E-state index contributed by atoms with van der Waals surface area (Å²) in [5.41, 5.74) is -1.03. The van der Waals surface area contributed by atoms with Crippen molar-refractivity contribution in [1.29, 1.82) is 0 Å². The van der Waals surface area contributed by atoms with E-state index in [1.165, 1.54) is 63.1 Å². The Kier molecular flexibility index (Phi) is 15.9. The number of hydrogen-bond donors (Lipinski definition) is 2. The molecule has 274 valence electrons. The van der Waals surface area contributed by atoms with Crippen LogP contribution in [0.1, 0.15) is 115 Å². The molecular formula is C38H52ClN3O8. The molecule has 0 aliphatic carbocycles. The highest BCUT2D eigenvalue weighted by molar-refractivity contribution is 6.34. The summed E-state index contributed by atoms with van der Waals surface area (Å²) in [6, 6.07) is 13.3. The minimum Gasteiger partial charge on any atom is -0.489 e. The molecular weight excluding hydrogens is 662 g/mol. The number of nitrogens with zero attached hydrogens (tertiary/aromatic N) is 2. The fourth-order valence-corrected chi connectivity index (χ4v) is 5.44. The lowest BCUT2D eigenvalue weighted by Crippen LogP contribution is -2.49. The van der Waals surface area contributed by atoms with Crippen LogP contribution in [0, 0.1) is 5.41 Å². The number of carbonyl (C=O) groups is 3. The molecule has 3 aromatic rings. The van der Waals surface area contributed by atoms with Crippen LogP contribution in [0.15, 0.2) is 53.3 Å². The van der Waals surface area contributed by atoms with Crippen LogP contribution in [0.25, 0.3) is 0 Å². The number of unbranched alkanes of at least 4 members (excludes halogenated alkanes) is 9. The monoisotopic (exact) mass is 713 g/mol. The first kappa shape index (κ1) is 40.2. The average molecular weight is 714 g/mol. The third kappa shape index (κ3) is 11.7. The Balaban J connectivity index is 1.72. The van der Waals surface area contributed by atoms with Gasteiger partial charge >= 0.3 is 11.7 Å². The molecule has 0 bridgehead atoms. The molecule has 11 nitrogen and oxygen atoms in total. The fourth-order valence-electron chi connectivity index (χ4n) is 5.27. The molecule has 0 saturated carbocycles. The van der Waals surface area contributed by atoms with Gasteiger partial charge in [0.15, 0.2) is 5.78 Å². The van der Waals surface area contributed by atoms with Gasteiger partial charge in [0.2, 0.25) is 0 Å². The summed E-state index contributed by atoms with van der Waals surface area (Å²) in [7, 11) is 0. The smallest absolute Gasteiger partial charge is 0.367 e. The summed E-state index contributed by atoms with van der Waals surface area (Å²) >= 11 is 6.38. The number of hydrogen-bond acceptors (Lipinski definition) is 8. The van der Waals surface area contributed by atoms with E-state index in [1.54, 1.807) is 52.0 Å². The molecule has 2 aromatic carbocycles. The second kappa shape index (κ2) is 19.8. The number of imidazole rings is 1. The summed E-state index contributed by atoms with van der Waals surface area (Å²) in [6.07, 6.45) is 9.70. The van der Waals surface area contributed by atoms with Crippen molar-refractivity contribution in [1.82, 2.24) is 9.30 Å². The van der Waals surface area contributed by atoms with Crippen molar-refractivity contribution < 1.29 is 33.8 Å². The van der Waals surface area contributed by atoms with Crippen LogP contribution in [-0.4, -0.2) is 51.4 Å². The highest BCUT2D eigenvalue weighted by atomic mass is 35.5. The van der Waals surface area contributed by atoms with Gasteiger partial charge in [-0.2, -0.15) is 0 Å². The third-order valence-corrected chi connectivity index (χ3v) is 8.44. The molecule has 1 amide bonds. The molecule has 1 aromatic heterocycles. The quantitative estimate of drug-likeness (QED) is 0.0655. The van der Waals surface area contributed by atoms with Crippen molar-refractivity contribution >= 4 is 34.9 Å². The molecule has 3 rings (SSSR count). The van der Waals surface area contributed by atoms with Crippen LogP contribution >= 0.6 is 11.6 Å². The van der Waals surface area contributed by atoms with Crippen molar-refractivity contribution in [2.75, 3.05) is 18.5 Å². The number of Topliss-reactive ketones (excluding diaryl/α,β-unsaturated/α-hetero) is 1. The van der Waals surface area contributed by atoms with Gasteiger partial charge < -0.3 is 24.7 Å². The van der Waals surface area contributed by atoms with Crippen LogP contribution in [0.5, 0.6) is 11.8 Å². The Bertz CT molecular complexity index is 1610. The number of ketones is 1. The van der Waals surface area contributed by atoms with E-state index in [0.717, 1.165) is 29.4 Å². The highest BCUT2D eigenvalue weighted by Gasteiger charge is 2.39. The molecule has 0 saturated heterocycles. The Hall–Kier alpha value is -4.25. The van der Waals surface area contributed by atoms with E-state index in [9.17, 15) is 24.3 Å². The maximum atomic E-state index is 13.7. The van der Waals surface area contributed by atoms with Crippen molar-refractivity contribution in [3.05, 3.63) is 75.2 Å². The predicted molar refractivity (Wildman–Crippen MR) is 194 cm³/mol. The Labute approximate surface area is 299 Å². The molecule has 1 heterocycles. The van der Waals surface area contributed by atoms with Gasteiger partial charge in [-0.05, 0) is 37.1 Å². The summed E-state index contributed by atoms with van der Waals surface area (Å²) in [5, 5.41) is 13.7. The first-order valence-electron chi connectivity index (χ1n) is 17.6. The maximum absolute atomic E-state index is 13.7. The molecule has 0 fully saturated rings. The van der Waals surface area contributed by atoms with Crippen LogP contribution < -0.4 is 20.6 Å². The van der Waals surface area contributed by atoms with Gasteiger partial charge in [0, 0.05) is 5.41 Å². The number of nitrogens with one attached hydrogen (secondary N) is 1. The fraction of sp³-hybridized carbons (Fsp3) is 0.526. The van der Waals surface area contributed by atoms with E-state index in [2.05, 4.69) is 12.2 Å². The molecule has 0 aliphatic heterocycles. The number of esters is 1. The summed E-state index contributed by atoms with van der Waals surface area (Å²) in [5.74, 6) is -3.12. The largest absolute Gasteiger partial charge is 0.489 e. The summed E-state index contributed by atoms with van der Waals surface area (Å²) in [4.78, 5) is 59.3.